The molecule has 1 N–H and O–H groups in total. The SMILES string of the molecule is O=C1CCN(C(=O)c2cccc(-c3ccccc3)c2)CCN1. The minimum absolute atomic E-state index is 0.00772. The van der Waals surface area contributed by atoms with E-state index in [4.69, 9.17) is 0 Å². The molecule has 2 amide bonds. The normalized spacial score (nSPS) is 15.1. The van der Waals surface area contributed by atoms with Crippen LogP contribution in [0.25, 0.3) is 11.1 Å². The highest BCUT2D eigenvalue weighted by Crippen LogP contribution is 2.20. The molecule has 0 unspecified atom stereocenters. The number of hydrogen-bond acceptors (Lipinski definition) is 2. The summed E-state index contributed by atoms with van der Waals surface area (Å²) in [6.45, 7) is 1.54. The van der Waals surface area contributed by atoms with E-state index in [0.717, 1.165) is 11.1 Å². The number of rotatable bonds is 2. The van der Waals surface area contributed by atoms with Gasteiger partial charge in [0.2, 0.25) is 5.91 Å². The first-order valence-corrected chi connectivity index (χ1v) is 7.45. The van der Waals surface area contributed by atoms with Crippen LogP contribution in [0, 0.1) is 0 Å². The molecule has 2 aromatic carbocycles. The summed E-state index contributed by atoms with van der Waals surface area (Å²) >= 11 is 0. The van der Waals surface area contributed by atoms with Crippen molar-refractivity contribution in [2.24, 2.45) is 0 Å². The molecule has 22 heavy (non-hydrogen) atoms. The maximum absolute atomic E-state index is 12.6. The third-order valence-electron chi connectivity index (χ3n) is 3.82. The molecule has 0 bridgehead atoms. The second-order valence-electron chi connectivity index (χ2n) is 5.34. The molecule has 1 heterocycles. The summed E-state index contributed by atoms with van der Waals surface area (Å²) in [5, 5.41) is 2.79. The van der Waals surface area contributed by atoms with Crippen LogP contribution in [-0.2, 0) is 4.79 Å². The molecule has 0 aromatic heterocycles. The Balaban J connectivity index is 1.82. The molecule has 1 aliphatic rings. The van der Waals surface area contributed by atoms with Gasteiger partial charge in [0, 0.05) is 31.6 Å². The minimum atomic E-state index is -0.0192. The average Bonchev–Trinajstić information content (AvgIpc) is 2.80. The van der Waals surface area contributed by atoms with Gasteiger partial charge in [0.05, 0.1) is 0 Å². The van der Waals surface area contributed by atoms with Crippen molar-refractivity contribution in [3.05, 3.63) is 60.2 Å². The maximum atomic E-state index is 12.6. The standard InChI is InChI=1S/C18H18N2O2/c21-17-9-11-20(12-10-19-17)18(22)16-8-4-7-15(13-16)14-5-2-1-3-6-14/h1-8,13H,9-12H2,(H,19,21). The van der Waals surface area contributed by atoms with Crippen molar-refractivity contribution in [3.63, 3.8) is 0 Å². The Labute approximate surface area is 129 Å². The largest absolute Gasteiger partial charge is 0.354 e. The fourth-order valence-electron chi connectivity index (χ4n) is 2.62. The molecular weight excluding hydrogens is 276 g/mol. The second-order valence-corrected chi connectivity index (χ2v) is 5.34. The molecule has 1 aliphatic heterocycles. The minimum Gasteiger partial charge on any atom is -0.354 e. The van der Waals surface area contributed by atoms with Crippen LogP contribution >= 0.6 is 0 Å². The zero-order valence-electron chi connectivity index (χ0n) is 12.3. The topological polar surface area (TPSA) is 49.4 Å². The number of nitrogens with one attached hydrogen (secondary N) is 1. The third-order valence-corrected chi connectivity index (χ3v) is 3.82. The molecule has 4 heteroatoms. The highest BCUT2D eigenvalue weighted by atomic mass is 16.2. The zero-order valence-corrected chi connectivity index (χ0v) is 12.3. The maximum Gasteiger partial charge on any atom is 0.253 e. The van der Waals surface area contributed by atoms with Gasteiger partial charge in [-0.3, -0.25) is 9.59 Å². The van der Waals surface area contributed by atoms with Crippen molar-refractivity contribution in [2.45, 2.75) is 6.42 Å². The zero-order chi connectivity index (χ0) is 15.4. The van der Waals surface area contributed by atoms with E-state index in [1.54, 1.807) is 4.90 Å². The molecule has 4 nitrogen and oxygen atoms in total. The lowest BCUT2D eigenvalue weighted by Crippen LogP contribution is -2.34. The Hall–Kier alpha value is -2.62. The monoisotopic (exact) mass is 294 g/mol. The van der Waals surface area contributed by atoms with E-state index in [0.29, 0.717) is 31.6 Å². The molecule has 3 rings (SSSR count). The summed E-state index contributed by atoms with van der Waals surface area (Å²) in [7, 11) is 0. The van der Waals surface area contributed by atoms with E-state index in [1.165, 1.54) is 0 Å². The van der Waals surface area contributed by atoms with Crippen molar-refractivity contribution in [3.8, 4) is 11.1 Å². The van der Waals surface area contributed by atoms with Crippen LogP contribution in [0.15, 0.2) is 54.6 Å². The van der Waals surface area contributed by atoms with E-state index >= 15 is 0 Å². The number of carbonyl (C=O) groups is 2. The summed E-state index contributed by atoms with van der Waals surface area (Å²) in [5.74, 6) is -0.0115. The van der Waals surface area contributed by atoms with Crippen LogP contribution < -0.4 is 5.32 Å². The van der Waals surface area contributed by atoms with Crippen LogP contribution in [0.2, 0.25) is 0 Å². The number of amides is 2. The van der Waals surface area contributed by atoms with Crippen LogP contribution in [0.5, 0.6) is 0 Å². The van der Waals surface area contributed by atoms with Crippen LogP contribution in [0.3, 0.4) is 0 Å². The van der Waals surface area contributed by atoms with Crippen LogP contribution in [-0.4, -0.2) is 36.3 Å². The van der Waals surface area contributed by atoms with Crippen molar-refractivity contribution < 1.29 is 9.59 Å². The van der Waals surface area contributed by atoms with E-state index < -0.39 is 0 Å². The third kappa shape index (κ3) is 3.17. The summed E-state index contributed by atoms with van der Waals surface area (Å²) < 4.78 is 0. The van der Waals surface area contributed by atoms with Gasteiger partial charge in [-0.2, -0.15) is 0 Å². The lowest BCUT2D eigenvalue weighted by Gasteiger charge is -2.19. The molecule has 0 spiro atoms. The number of carbonyl (C=O) groups excluding carboxylic acids is 2. The Morgan fingerprint density at radius 2 is 1.73 bits per heavy atom. The lowest BCUT2D eigenvalue weighted by atomic mass is 10.0. The van der Waals surface area contributed by atoms with Crippen LogP contribution in [0.1, 0.15) is 16.8 Å². The molecule has 1 saturated heterocycles. The van der Waals surface area contributed by atoms with Crippen molar-refractivity contribution in [1.82, 2.24) is 10.2 Å². The predicted molar refractivity (Wildman–Crippen MR) is 85.4 cm³/mol. The second kappa shape index (κ2) is 6.43. The smallest absolute Gasteiger partial charge is 0.253 e. The van der Waals surface area contributed by atoms with E-state index in [2.05, 4.69) is 5.32 Å². The Bertz CT molecular complexity index is 682. The molecule has 1 fully saturated rings. The molecule has 0 saturated carbocycles. The first-order chi connectivity index (χ1) is 10.7. The fourth-order valence-corrected chi connectivity index (χ4v) is 2.62. The van der Waals surface area contributed by atoms with Gasteiger partial charge in [-0.15, -0.1) is 0 Å². The molecule has 0 aliphatic carbocycles. The van der Waals surface area contributed by atoms with Gasteiger partial charge in [0.1, 0.15) is 0 Å². The van der Waals surface area contributed by atoms with Gasteiger partial charge in [-0.1, -0.05) is 42.5 Å². The molecule has 0 radical (unpaired) electrons. The quantitative estimate of drug-likeness (QED) is 0.924. The van der Waals surface area contributed by atoms with E-state index in [9.17, 15) is 9.59 Å². The molecule has 112 valence electrons. The number of hydrogen-bond donors (Lipinski definition) is 1. The van der Waals surface area contributed by atoms with Crippen molar-refractivity contribution in [2.75, 3.05) is 19.6 Å². The van der Waals surface area contributed by atoms with E-state index in [-0.39, 0.29) is 11.8 Å². The van der Waals surface area contributed by atoms with Gasteiger partial charge >= 0.3 is 0 Å². The average molecular weight is 294 g/mol. The van der Waals surface area contributed by atoms with Gasteiger partial charge in [-0.25, -0.2) is 0 Å². The molecular formula is C18H18N2O2. The summed E-state index contributed by atoms with van der Waals surface area (Å²) in [6.07, 6.45) is 0.365. The summed E-state index contributed by atoms with van der Waals surface area (Å²) in [5.41, 5.74) is 2.77. The predicted octanol–water partition coefficient (Wildman–Crippen LogP) is 2.32. The molecule has 0 atom stereocenters. The van der Waals surface area contributed by atoms with Gasteiger partial charge in [-0.05, 0) is 23.3 Å². The van der Waals surface area contributed by atoms with E-state index in [1.807, 2.05) is 54.6 Å². The highest BCUT2D eigenvalue weighted by molar-refractivity contribution is 5.96. The highest BCUT2D eigenvalue weighted by Gasteiger charge is 2.19. The fraction of sp³-hybridized carbons (Fsp3) is 0.222. The van der Waals surface area contributed by atoms with Gasteiger partial charge in [0.25, 0.3) is 5.91 Å². The molecule has 2 aromatic rings. The first-order valence-electron chi connectivity index (χ1n) is 7.45. The van der Waals surface area contributed by atoms with Crippen molar-refractivity contribution >= 4 is 11.8 Å². The number of nitrogens with zero attached hydrogens (tertiary/aromatic N) is 1. The van der Waals surface area contributed by atoms with Gasteiger partial charge in [0.15, 0.2) is 0 Å². The van der Waals surface area contributed by atoms with Gasteiger partial charge < -0.3 is 10.2 Å². The lowest BCUT2D eigenvalue weighted by molar-refractivity contribution is -0.120. The Morgan fingerprint density at radius 1 is 0.955 bits per heavy atom. The Kier molecular flexibility index (Phi) is 4.19. The Morgan fingerprint density at radius 3 is 2.55 bits per heavy atom. The summed E-state index contributed by atoms with van der Waals surface area (Å²) in [4.78, 5) is 25.7. The van der Waals surface area contributed by atoms with Crippen LogP contribution in [0.4, 0.5) is 0 Å². The first kappa shape index (κ1) is 14.3. The van der Waals surface area contributed by atoms with Crippen molar-refractivity contribution in [1.29, 1.82) is 0 Å². The number of benzene rings is 2. The summed E-state index contributed by atoms with van der Waals surface area (Å²) in [6, 6.07) is 17.6.